The van der Waals surface area contributed by atoms with Crippen LogP contribution in [0.15, 0.2) is 0 Å². The van der Waals surface area contributed by atoms with Gasteiger partial charge in [0.2, 0.25) is 0 Å². The summed E-state index contributed by atoms with van der Waals surface area (Å²) in [7, 11) is 0. The maximum Gasteiger partial charge on any atom is 0.471 e. The van der Waals surface area contributed by atoms with Crippen molar-refractivity contribution < 1.29 is 27.5 Å². The minimum absolute atomic E-state index is 0.0187. The normalized spacial score (nSPS) is 24.8. The summed E-state index contributed by atoms with van der Waals surface area (Å²) < 4.78 is 41.4. The van der Waals surface area contributed by atoms with E-state index in [2.05, 4.69) is 0 Å². The molecule has 0 aromatic carbocycles. The predicted molar refractivity (Wildman–Crippen MR) is 56.8 cm³/mol. The van der Waals surface area contributed by atoms with Crippen molar-refractivity contribution in [3.05, 3.63) is 0 Å². The van der Waals surface area contributed by atoms with Gasteiger partial charge in [0, 0.05) is 0 Å². The standard InChI is InChI=1S/C11H16F3NO3/c1-6(2)4-7(8(16)10(3)5-18-10)15-9(17)11(12,13)14/h6-7H,4-5H2,1-3H3,(H,15,17)/t7?,10-/m1/s1. The van der Waals surface area contributed by atoms with Gasteiger partial charge in [-0.05, 0) is 19.3 Å². The van der Waals surface area contributed by atoms with Crippen LogP contribution in [-0.4, -0.2) is 36.1 Å². The molecular formula is C11H16F3NO3. The molecule has 18 heavy (non-hydrogen) atoms. The maximum absolute atomic E-state index is 12.2. The van der Waals surface area contributed by atoms with Gasteiger partial charge in [0.1, 0.15) is 5.60 Å². The van der Waals surface area contributed by atoms with Crippen molar-refractivity contribution in [3.63, 3.8) is 0 Å². The Hall–Kier alpha value is -1.11. The fraction of sp³-hybridized carbons (Fsp3) is 0.818. The van der Waals surface area contributed by atoms with E-state index in [9.17, 15) is 22.8 Å². The first-order chi connectivity index (χ1) is 8.06. The molecule has 104 valence electrons. The Bertz CT molecular complexity index is 348. The highest BCUT2D eigenvalue weighted by atomic mass is 19.4. The number of ether oxygens (including phenoxy) is 1. The number of hydrogen-bond acceptors (Lipinski definition) is 3. The number of carbonyl (C=O) groups is 2. The van der Waals surface area contributed by atoms with Gasteiger partial charge in [-0.1, -0.05) is 13.8 Å². The Morgan fingerprint density at radius 3 is 2.22 bits per heavy atom. The lowest BCUT2D eigenvalue weighted by Crippen LogP contribution is -2.50. The van der Waals surface area contributed by atoms with Gasteiger partial charge in [0.15, 0.2) is 5.78 Å². The van der Waals surface area contributed by atoms with E-state index in [0.717, 1.165) is 0 Å². The molecule has 1 unspecified atom stereocenters. The van der Waals surface area contributed by atoms with Crippen LogP contribution in [0, 0.1) is 5.92 Å². The van der Waals surface area contributed by atoms with Crippen molar-refractivity contribution >= 4 is 11.7 Å². The monoisotopic (exact) mass is 267 g/mol. The lowest BCUT2D eigenvalue weighted by Gasteiger charge is -2.21. The number of ketones is 1. The quantitative estimate of drug-likeness (QED) is 0.767. The number of amides is 1. The van der Waals surface area contributed by atoms with E-state index in [0.29, 0.717) is 0 Å². The first-order valence-electron chi connectivity index (χ1n) is 5.62. The third kappa shape index (κ3) is 3.69. The zero-order valence-corrected chi connectivity index (χ0v) is 10.4. The van der Waals surface area contributed by atoms with Crippen molar-refractivity contribution in [1.82, 2.24) is 5.32 Å². The summed E-state index contributed by atoms with van der Waals surface area (Å²) >= 11 is 0. The summed E-state index contributed by atoms with van der Waals surface area (Å²) in [5.74, 6) is -2.62. The van der Waals surface area contributed by atoms with Gasteiger partial charge in [-0.25, -0.2) is 0 Å². The lowest BCUT2D eigenvalue weighted by molar-refractivity contribution is -0.175. The van der Waals surface area contributed by atoms with Crippen LogP contribution in [0.1, 0.15) is 27.2 Å². The zero-order chi connectivity index (χ0) is 14.1. The highest BCUT2D eigenvalue weighted by Gasteiger charge is 2.51. The Morgan fingerprint density at radius 2 is 1.89 bits per heavy atom. The van der Waals surface area contributed by atoms with Crippen molar-refractivity contribution in [3.8, 4) is 0 Å². The number of epoxide rings is 1. The fourth-order valence-corrected chi connectivity index (χ4v) is 1.56. The number of carbonyl (C=O) groups excluding carboxylic acids is 2. The van der Waals surface area contributed by atoms with Crippen LogP contribution in [-0.2, 0) is 14.3 Å². The van der Waals surface area contributed by atoms with Crippen LogP contribution < -0.4 is 5.32 Å². The van der Waals surface area contributed by atoms with Crippen molar-refractivity contribution in [2.45, 2.75) is 45.0 Å². The SMILES string of the molecule is CC(C)CC(NC(=O)C(F)(F)F)C(=O)[C@@]1(C)CO1. The van der Waals surface area contributed by atoms with E-state index in [-0.39, 0.29) is 18.9 Å². The van der Waals surface area contributed by atoms with E-state index < -0.39 is 29.5 Å². The van der Waals surface area contributed by atoms with Crippen LogP contribution in [0.2, 0.25) is 0 Å². The summed E-state index contributed by atoms with van der Waals surface area (Å²) in [5.41, 5.74) is -1.04. The summed E-state index contributed by atoms with van der Waals surface area (Å²) in [6.45, 7) is 5.21. The number of nitrogens with one attached hydrogen (secondary N) is 1. The molecule has 1 amide bonds. The largest absolute Gasteiger partial charge is 0.471 e. The Morgan fingerprint density at radius 1 is 1.39 bits per heavy atom. The number of Topliss-reactive ketones (excluding diaryl/α,β-unsaturated/α-hetero) is 1. The molecule has 0 aromatic rings. The van der Waals surface area contributed by atoms with E-state index >= 15 is 0 Å². The van der Waals surface area contributed by atoms with Gasteiger partial charge < -0.3 is 10.1 Å². The van der Waals surface area contributed by atoms with Gasteiger partial charge >= 0.3 is 12.1 Å². The molecule has 1 aliphatic rings. The van der Waals surface area contributed by atoms with Gasteiger partial charge in [-0.3, -0.25) is 9.59 Å². The summed E-state index contributed by atoms with van der Waals surface area (Å²) in [5, 5.41) is 1.74. The first-order valence-corrected chi connectivity index (χ1v) is 5.62. The highest BCUT2D eigenvalue weighted by molar-refractivity contribution is 5.97. The topological polar surface area (TPSA) is 58.7 Å². The molecule has 0 saturated carbocycles. The van der Waals surface area contributed by atoms with Crippen LogP contribution in [0.3, 0.4) is 0 Å². The molecule has 1 fully saturated rings. The molecule has 0 radical (unpaired) electrons. The molecule has 1 heterocycles. The number of halogens is 3. The molecule has 2 atom stereocenters. The van der Waals surface area contributed by atoms with Crippen LogP contribution >= 0.6 is 0 Å². The molecule has 7 heteroatoms. The van der Waals surface area contributed by atoms with Crippen LogP contribution in [0.4, 0.5) is 13.2 Å². The van der Waals surface area contributed by atoms with E-state index in [1.165, 1.54) is 6.92 Å². The first kappa shape index (κ1) is 14.9. The average molecular weight is 267 g/mol. The van der Waals surface area contributed by atoms with Gasteiger partial charge in [-0.15, -0.1) is 0 Å². The molecule has 0 aromatic heterocycles. The molecule has 1 N–H and O–H groups in total. The summed E-state index contributed by atoms with van der Waals surface area (Å²) in [6.07, 6.45) is -4.83. The second-order valence-corrected chi connectivity index (χ2v) is 5.04. The minimum Gasteiger partial charge on any atom is -0.361 e. The van der Waals surface area contributed by atoms with Crippen molar-refractivity contribution in [1.29, 1.82) is 0 Å². The van der Waals surface area contributed by atoms with E-state index in [4.69, 9.17) is 4.74 Å². The van der Waals surface area contributed by atoms with E-state index in [1.54, 1.807) is 19.2 Å². The number of rotatable bonds is 5. The molecule has 0 aliphatic carbocycles. The lowest BCUT2D eigenvalue weighted by atomic mass is 9.93. The third-order valence-electron chi connectivity index (χ3n) is 2.68. The number of hydrogen-bond donors (Lipinski definition) is 1. The summed E-state index contributed by atoms with van der Waals surface area (Å²) in [4.78, 5) is 22.8. The molecule has 1 saturated heterocycles. The van der Waals surface area contributed by atoms with Gasteiger partial charge in [0.05, 0.1) is 12.6 Å². The second-order valence-electron chi connectivity index (χ2n) is 5.04. The van der Waals surface area contributed by atoms with Crippen LogP contribution in [0.25, 0.3) is 0 Å². The Balaban J connectivity index is 2.73. The van der Waals surface area contributed by atoms with Crippen LogP contribution in [0.5, 0.6) is 0 Å². The van der Waals surface area contributed by atoms with Gasteiger partial charge in [-0.2, -0.15) is 13.2 Å². The molecule has 0 spiro atoms. The summed E-state index contributed by atoms with van der Waals surface area (Å²) in [6, 6.07) is -1.16. The number of alkyl halides is 3. The molecule has 4 nitrogen and oxygen atoms in total. The molecule has 0 bridgehead atoms. The maximum atomic E-state index is 12.2. The predicted octanol–water partition coefficient (Wildman–Crippen LogP) is 1.44. The molecule has 1 rings (SSSR count). The Labute approximate surface area is 103 Å². The second kappa shape index (κ2) is 4.87. The smallest absolute Gasteiger partial charge is 0.361 e. The average Bonchev–Trinajstić information content (AvgIpc) is 2.93. The molecular weight excluding hydrogens is 251 g/mol. The molecule has 1 aliphatic heterocycles. The fourth-order valence-electron chi connectivity index (χ4n) is 1.56. The van der Waals surface area contributed by atoms with Crippen molar-refractivity contribution in [2.24, 2.45) is 5.92 Å². The third-order valence-corrected chi connectivity index (χ3v) is 2.68. The zero-order valence-electron chi connectivity index (χ0n) is 10.4. The minimum atomic E-state index is -4.99. The van der Waals surface area contributed by atoms with Crippen molar-refractivity contribution in [2.75, 3.05) is 6.61 Å². The van der Waals surface area contributed by atoms with Gasteiger partial charge in [0.25, 0.3) is 0 Å². The Kier molecular flexibility index (Phi) is 4.05. The van der Waals surface area contributed by atoms with E-state index in [1.807, 2.05) is 0 Å². The highest BCUT2D eigenvalue weighted by Crippen LogP contribution is 2.30.